The molecule has 3 rings (SSSR count). The number of nitrogens with one attached hydrogen (secondary N) is 1. The number of rotatable bonds is 2. The van der Waals surface area contributed by atoms with E-state index in [4.69, 9.17) is 4.74 Å². The van der Waals surface area contributed by atoms with Gasteiger partial charge in [-0.3, -0.25) is 9.48 Å². The summed E-state index contributed by atoms with van der Waals surface area (Å²) in [4.78, 5) is 27.2. The first kappa shape index (κ1) is 17.3. The zero-order valence-electron chi connectivity index (χ0n) is 15.0. The minimum Gasteiger partial charge on any atom is -0.372 e. The summed E-state index contributed by atoms with van der Waals surface area (Å²) in [5, 5.41) is 2.80. The highest BCUT2D eigenvalue weighted by Crippen LogP contribution is 2.16. The standard InChI is InChI=1S/C18H24N4O3/c1-12-10-21(11-13(2)25-12)18(24)19-16-14(3)20(4)22(17(16)23)15-8-6-5-7-9-15/h5-9,12-13H,10-11H2,1-4H3,(H,19,24)/t12-,13+. The minimum absolute atomic E-state index is 0.0210. The van der Waals surface area contributed by atoms with Gasteiger partial charge in [0.25, 0.3) is 5.56 Å². The number of aromatic nitrogens is 2. The van der Waals surface area contributed by atoms with E-state index < -0.39 is 0 Å². The van der Waals surface area contributed by atoms with Crippen molar-refractivity contribution in [3.63, 3.8) is 0 Å². The van der Waals surface area contributed by atoms with Crippen molar-refractivity contribution in [1.29, 1.82) is 0 Å². The average Bonchev–Trinajstić information content (AvgIpc) is 2.78. The van der Waals surface area contributed by atoms with Crippen LogP contribution < -0.4 is 10.9 Å². The van der Waals surface area contributed by atoms with Gasteiger partial charge in [0.15, 0.2) is 0 Å². The van der Waals surface area contributed by atoms with Crippen molar-refractivity contribution in [2.24, 2.45) is 7.05 Å². The highest BCUT2D eigenvalue weighted by atomic mass is 16.5. The predicted octanol–water partition coefficient (Wildman–Crippen LogP) is 2.13. The third-order valence-electron chi connectivity index (χ3n) is 4.49. The Morgan fingerprint density at radius 3 is 2.36 bits per heavy atom. The van der Waals surface area contributed by atoms with Gasteiger partial charge < -0.3 is 15.0 Å². The Kier molecular flexibility index (Phi) is 4.67. The van der Waals surface area contributed by atoms with E-state index in [-0.39, 0.29) is 23.8 Å². The van der Waals surface area contributed by atoms with Crippen molar-refractivity contribution in [3.05, 3.63) is 46.4 Å². The maximum atomic E-state index is 12.8. The monoisotopic (exact) mass is 344 g/mol. The van der Waals surface area contributed by atoms with E-state index in [1.54, 1.807) is 21.3 Å². The van der Waals surface area contributed by atoms with Crippen molar-refractivity contribution in [1.82, 2.24) is 14.3 Å². The van der Waals surface area contributed by atoms with Crippen LogP contribution in [0.1, 0.15) is 19.5 Å². The van der Waals surface area contributed by atoms with Crippen LogP contribution in [0.3, 0.4) is 0 Å². The third kappa shape index (κ3) is 3.32. The first-order valence-corrected chi connectivity index (χ1v) is 8.44. The van der Waals surface area contributed by atoms with Crippen LogP contribution in [0, 0.1) is 6.92 Å². The maximum absolute atomic E-state index is 12.8. The second kappa shape index (κ2) is 6.76. The Bertz CT molecular complexity index is 815. The fraction of sp³-hybridized carbons (Fsp3) is 0.444. The molecule has 1 aromatic carbocycles. The molecule has 1 aromatic heterocycles. The summed E-state index contributed by atoms with van der Waals surface area (Å²) in [5.74, 6) is 0. The van der Waals surface area contributed by atoms with Gasteiger partial charge in [0.1, 0.15) is 5.69 Å². The van der Waals surface area contributed by atoms with Gasteiger partial charge in [0.05, 0.1) is 23.6 Å². The van der Waals surface area contributed by atoms with Crippen LogP contribution in [-0.4, -0.2) is 45.6 Å². The van der Waals surface area contributed by atoms with E-state index in [0.29, 0.717) is 24.5 Å². The molecule has 1 saturated heterocycles. The number of urea groups is 1. The van der Waals surface area contributed by atoms with Gasteiger partial charge >= 0.3 is 6.03 Å². The first-order valence-electron chi connectivity index (χ1n) is 8.44. The maximum Gasteiger partial charge on any atom is 0.322 e. The van der Waals surface area contributed by atoms with Crippen LogP contribution in [0.4, 0.5) is 10.5 Å². The van der Waals surface area contributed by atoms with Crippen molar-refractivity contribution in [2.75, 3.05) is 18.4 Å². The summed E-state index contributed by atoms with van der Waals surface area (Å²) in [6.07, 6.45) is -0.0420. The van der Waals surface area contributed by atoms with E-state index in [9.17, 15) is 9.59 Å². The predicted molar refractivity (Wildman–Crippen MR) is 96.3 cm³/mol. The summed E-state index contributed by atoms with van der Waals surface area (Å²) in [6, 6.07) is 9.09. The molecule has 7 heteroatoms. The van der Waals surface area contributed by atoms with Crippen molar-refractivity contribution in [2.45, 2.75) is 33.0 Å². The lowest BCUT2D eigenvalue weighted by Gasteiger charge is -2.35. The summed E-state index contributed by atoms with van der Waals surface area (Å²) < 4.78 is 8.95. The Morgan fingerprint density at radius 2 is 1.76 bits per heavy atom. The molecule has 2 amide bonds. The highest BCUT2D eigenvalue weighted by molar-refractivity contribution is 5.90. The molecule has 0 radical (unpaired) electrons. The van der Waals surface area contributed by atoms with Crippen LogP contribution in [-0.2, 0) is 11.8 Å². The van der Waals surface area contributed by atoms with Gasteiger partial charge in [-0.15, -0.1) is 0 Å². The van der Waals surface area contributed by atoms with Crippen LogP contribution in [0.15, 0.2) is 35.1 Å². The topological polar surface area (TPSA) is 68.5 Å². The molecule has 1 fully saturated rings. The lowest BCUT2D eigenvalue weighted by molar-refractivity contribution is -0.0530. The number of hydrogen-bond donors (Lipinski definition) is 1. The number of anilines is 1. The number of morpholine rings is 1. The zero-order chi connectivity index (χ0) is 18.1. The van der Waals surface area contributed by atoms with Gasteiger partial charge in [0, 0.05) is 20.1 Å². The van der Waals surface area contributed by atoms with Crippen LogP contribution in [0.5, 0.6) is 0 Å². The number of nitrogens with zero attached hydrogens (tertiary/aromatic N) is 3. The molecule has 134 valence electrons. The molecule has 2 atom stereocenters. The van der Waals surface area contributed by atoms with Crippen molar-refractivity contribution >= 4 is 11.7 Å². The molecule has 0 unspecified atom stereocenters. The number of para-hydroxylation sites is 1. The quantitative estimate of drug-likeness (QED) is 0.907. The number of amides is 2. The minimum atomic E-state index is -0.270. The molecule has 0 saturated carbocycles. The molecule has 2 aromatic rings. The highest BCUT2D eigenvalue weighted by Gasteiger charge is 2.27. The van der Waals surface area contributed by atoms with Gasteiger partial charge in [0.2, 0.25) is 0 Å². The number of carbonyl (C=O) groups is 1. The van der Waals surface area contributed by atoms with Gasteiger partial charge in [-0.05, 0) is 32.9 Å². The van der Waals surface area contributed by atoms with Crippen molar-refractivity contribution in [3.8, 4) is 5.69 Å². The van der Waals surface area contributed by atoms with E-state index in [1.807, 2.05) is 51.1 Å². The molecule has 0 bridgehead atoms. The largest absolute Gasteiger partial charge is 0.372 e. The van der Waals surface area contributed by atoms with Crippen LogP contribution in [0.2, 0.25) is 0 Å². The Labute approximate surface area is 146 Å². The fourth-order valence-corrected chi connectivity index (χ4v) is 3.24. The molecule has 1 aliphatic heterocycles. The molecular weight excluding hydrogens is 320 g/mol. The van der Waals surface area contributed by atoms with Gasteiger partial charge in [-0.2, -0.15) is 0 Å². The molecule has 1 N–H and O–H groups in total. The SMILES string of the molecule is Cc1c(NC(=O)N2C[C@@H](C)O[C@@H](C)C2)c(=O)n(-c2ccccc2)n1C. The number of carbonyl (C=O) groups excluding carboxylic acids is 1. The van der Waals surface area contributed by atoms with Gasteiger partial charge in [-0.25, -0.2) is 9.48 Å². The number of benzene rings is 1. The summed E-state index contributed by atoms with van der Waals surface area (Å²) in [6.45, 7) is 6.71. The Morgan fingerprint density at radius 1 is 1.16 bits per heavy atom. The number of ether oxygens (including phenoxy) is 1. The zero-order valence-corrected chi connectivity index (χ0v) is 15.0. The normalized spacial score (nSPS) is 20.6. The third-order valence-corrected chi connectivity index (χ3v) is 4.49. The molecule has 7 nitrogen and oxygen atoms in total. The Hall–Kier alpha value is -2.54. The first-order chi connectivity index (χ1) is 11.9. The van der Waals surface area contributed by atoms with Crippen LogP contribution >= 0.6 is 0 Å². The van der Waals surface area contributed by atoms with Crippen molar-refractivity contribution < 1.29 is 9.53 Å². The molecule has 0 aliphatic carbocycles. The summed E-state index contributed by atoms with van der Waals surface area (Å²) in [7, 11) is 1.80. The smallest absolute Gasteiger partial charge is 0.322 e. The summed E-state index contributed by atoms with van der Waals surface area (Å²) >= 11 is 0. The van der Waals surface area contributed by atoms with Crippen LogP contribution in [0.25, 0.3) is 5.69 Å². The lowest BCUT2D eigenvalue weighted by atomic mass is 10.2. The van der Waals surface area contributed by atoms with E-state index in [0.717, 1.165) is 5.69 Å². The Balaban J connectivity index is 1.89. The number of hydrogen-bond acceptors (Lipinski definition) is 3. The molecule has 25 heavy (non-hydrogen) atoms. The average molecular weight is 344 g/mol. The fourth-order valence-electron chi connectivity index (χ4n) is 3.24. The van der Waals surface area contributed by atoms with E-state index in [1.165, 1.54) is 0 Å². The molecular formula is C18H24N4O3. The molecule has 2 heterocycles. The van der Waals surface area contributed by atoms with Gasteiger partial charge in [-0.1, -0.05) is 18.2 Å². The molecule has 0 spiro atoms. The second-order valence-electron chi connectivity index (χ2n) is 6.53. The van der Waals surface area contributed by atoms with E-state index in [2.05, 4.69) is 5.32 Å². The van der Waals surface area contributed by atoms with E-state index >= 15 is 0 Å². The lowest BCUT2D eigenvalue weighted by Crippen LogP contribution is -2.50. The second-order valence-corrected chi connectivity index (χ2v) is 6.53. The summed E-state index contributed by atoms with van der Waals surface area (Å²) in [5.41, 5.74) is 1.53. The molecule has 1 aliphatic rings.